The first-order valence-corrected chi connectivity index (χ1v) is 10.9. The molecule has 0 unspecified atom stereocenters. The molecular weight excluding hydrogens is 380 g/mol. The van der Waals surface area contributed by atoms with Gasteiger partial charge in [-0.05, 0) is 61.0 Å². The largest absolute Gasteiger partial charge is 0.385 e. The number of aromatic nitrogens is 2. The second kappa shape index (κ2) is 8.38. The number of methoxy groups -OCH3 is 1. The van der Waals surface area contributed by atoms with E-state index in [2.05, 4.69) is 29.5 Å². The van der Waals surface area contributed by atoms with Crippen molar-refractivity contribution in [3.05, 3.63) is 35.8 Å². The number of hydrogen-bond donors (Lipinski definition) is 2. The van der Waals surface area contributed by atoms with E-state index < -0.39 is 0 Å². The molecule has 0 radical (unpaired) electrons. The molecule has 2 aromatic rings. The highest BCUT2D eigenvalue weighted by Gasteiger charge is 2.53. The predicted molar refractivity (Wildman–Crippen MR) is 114 cm³/mol. The van der Waals surface area contributed by atoms with Gasteiger partial charge in [0.1, 0.15) is 17.0 Å². The van der Waals surface area contributed by atoms with Crippen LogP contribution in [0.1, 0.15) is 60.5 Å². The van der Waals surface area contributed by atoms with E-state index in [1.54, 1.807) is 35.9 Å². The quantitative estimate of drug-likeness (QED) is 0.653. The van der Waals surface area contributed by atoms with Gasteiger partial charge in [0, 0.05) is 33.0 Å². The van der Waals surface area contributed by atoms with Gasteiger partial charge in [-0.1, -0.05) is 19.9 Å². The zero-order valence-electron chi connectivity index (χ0n) is 18.1. The van der Waals surface area contributed by atoms with Crippen molar-refractivity contribution in [1.82, 2.24) is 20.0 Å². The summed E-state index contributed by atoms with van der Waals surface area (Å²) < 4.78 is 6.69. The molecule has 2 N–H and O–H groups in total. The molecule has 3 saturated carbocycles. The van der Waals surface area contributed by atoms with Crippen molar-refractivity contribution >= 4 is 17.5 Å². The molecular formula is C23H32N4O3. The Labute approximate surface area is 177 Å². The lowest BCUT2D eigenvalue weighted by atomic mass is 9.45. The van der Waals surface area contributed by atoms with Gasteiger partial charge in [-0.3, -0.25) is 14.0 Å². The van der Waals surface area contributed by atoms with Crippen molar-refractivity contribution in [2.45, 2.75) is 39.5 Å². The van der Waals surface area contributed by atoms with Crippen molar-refractivity contribution in [3.63, 3.8) is 0 Å². The van der Waals surface area contributed by atoms with Crippen LogP contribution in [0.5, 0.6) is 0 Å². The number of amides is 2. The normalized spacial score (nSPS) is 24.3. The summed E-state index contributed by atoms with van der Waals surface area (Å²) in [4.78, 5) is 29.7. The number of hydrogen-bond acceptors (Lipinski definition) is 4. The Kier molecular flexibility index (Phi) is 5.82. The standard InChI is InChI=1S/C23H32N4O3/c1-23(2)16-9-8-15(17(23)12-16)13-25-22(29)19-6-4-7-20-26-18(14-27(19)20)21(28)24-10-5-11-30-3/h4,6-7,14-17H,5,8-13H2,1-3H3,(H,24,28)(H,25,29)/t15-,16-,17-/m0/s1. The maximum atomic E-state index is 12.9. The van der Waals surface area contributed by atoms with Gasteiger partial charge in [0.25, 0.3) is 11.8 Å². The molecule has 5 rings (SSSR count). The van der Waals surface area contributed by atoms with Crippen molar-refractivity contribution in [2.75, 3.05) is 26.8 Å². The minimum Gasteiger partial charge on any atom is -0.385 e. The minimum atomic E-state index is -0.245. The average Bonchev–Trinajstić information content (AvgIpc) is 3.19. The first-order chi connectivity index (χ1) is 14.4. The highest BCUT2D eigenvalue weighted by Crippen LogP contribution is 2.61. The van der Waals surface area contributed by atoms with Crippen molar-refractivity contribution in [2.24, 2.45) is 23.2 Å². The maximum absolute atomic E-state index is 12.9. The van der Waals surface area contributed by atoms with E-state index >= 15 is 0 Å². The molecule has 162 valence electrons. The molecule has 0 spiro atoms. The first-order valence-electron chi connectivity index (χ1n) is 10.9. The van der Waals surface area contributed by atoms with Gasteiger partial charge in [-0.25, -0.2) is 4.98 Å². The van der Waals surface area contributed by atoms with E-state index in [9.17, 15) is 9.59 Å². The van der Waals surface area contributed by atoms with E-state index in [0.717, 1.165) is 12.3 Å². The van der Waals surface area contributed by atoms with Crippen LogP contribution in [-0.4, -0.2) is 48.0 Å². The van der Waals surface area contributed by atoms with Crippen LogP contribution in [0.25, 0.3) is 5.65 Å². The van der Waals surface area contributed by atoms with Gasteiger partial charge in [-0.15, -0.1) is 0 Å². The fourth-order valence-electron chi connectivity index (χ4n) is 5.34. The molecule has 2 bridgehead atoms. The van der Waals surface area contributed by atoms with Crippen LogP contribution in [0.15, 0.2) is 24.4 Å². The predicted octanol–water partition coefficient (Wildman–Crippen LogP) is 2.90. The Morgan fingerprint density at radius 1 is 1.23 bits per heavy atom. The SMILES string of the molecule is COCCCNC(=O)c1cn2c(C(=O)NC[C@@H]3CC[C@H]4C[C@@H]3C4(C)C)cccc2n1. The lowest BCUT2D eigenvalue weighted by molar-refractivity contribution is -0.103. The lowest BCUT2D eigenvalue weighted by Gasteiger charge is -2.60. The Bertz CT molecular complexity index is 934. The van der Waals surface area contributed by atoms with Gasteiger partial charge in [0.05, 0.1) is 0 Å². The number of rotatable bonds is 8. The summed E-state index contributed by atoms with van der Waals surface area (Å²) in [7, 11) is 1.63. The van der Waals surface area contributed by atoms with Crippen LogP contribution in [0.2, 0.25) is 0 Å². The average molecular weight is 413 g/mol. The summed E-state index contributed by atoms with van der Waals surface area (Å²) >= 11 is 0. The number of fused-ring (bicyclic) bond motifs is 3. The molecule has 3 atom stereocenters. The lowest BCUT2D eigenvalue weighted by Crippen LogP contribution is -2.54. The zero-order valence-corrected chi connectivity index (χ0v) is 18.1. The van der Waals surface area contributed by atoms with Crippen LogP contribution in [0.3, 0.4) is 0 Å². The van der Waals surface area contributed by atoms with Gasteiger partial charge in [0.2, 0.25) is 0 Å². The van der Waals surface area contributed by atoms with Crippen molar-refractivity contribution < 1.29 is 14.3 Å². The molecule has 2 heterocycles. The Hall–Kier alpha value is -2.41. The summed E-state index contributed by atoms with van der Waals surface area (Å²) in [5.74, 6) is 1.74. The third kappa shape index (κ3) is 3.83. The van der Waals surface area contributed by atoms with Crippen LogP contribution >= 0.6 is 0 Å². The molecule has 2 amide bonds. The topological polar surface area (TPSA) is 84.7 Å². The number of carbonyl (C=O) groups is 2. The number of nitrogens with one attached hydrogen (secondary N) is 2. The Morgan fingerprint density at radius 3 is 2.80 bits per heavy atom. The van der Waals surface area contributed by atoms with E-state index in [0.29, 0.717) is 54.0 Å². The van der Waals surface area contributed by atoms with Crippen molar-refractivity contribution in [1.29, 1.82) is 0 Å². The van der Waals surface area contributed by atoms with E-state index in [1.807, 2.05) is 0 Å². The Morgan fingerprint density at radius 2 is 2.07 bits per heavy atom. The minimum absolute atomic E-state index is 0.121. The number of ether oxygens (including phenoxy) is 1. The molecule has 0 aliphatic heterocycles. The smallest absolute Gasteiger partial charge is 0.271 e. The second-order valence-corrected chi connectivity index (χ2v) is 9.28. The zero-order chi connectivity index (χ0) is 21.3. The summed E-state index contributed by atoms with van der Waals surface area (Å²) in [6.07, 6.45) is 6.14. The van der Waals surface area contributed by atoms with Crippen LogP contribution in [-0.2, 0) is 4.74 Å². The highest BCUT2D eigenvalue weighted by atomic mass is 16.5. The maximum Gasteiger partial charge on any atom is 0.271 e. The fourth-order valence-corrected chi connectivity index (χ4v) is 5.34. The molecule has 7 heteroatoms. The second-order valence-electron chi connectivity index (χ2n) is 9.28. The first kappa shape index (κ1) is 20.8. The molecule has 3 aliphatic carbocycles. The molecule has 0 saturated heterocycles. The molecule has 7 nitrogen and oxygen atoms in total. The third-order valence-corrected chi connectivity index (χ3v) is 7.29. The van der Waals surface area contributed by atoms with Gasteiger partial charge in [-0.2, -0.15) is 0 Å². The number of carbonyl (C=O) groups excluding carboxylic acids is 2. The summed E-state index contributed by atoms with van der Waals surface area (Å²) in [5, 5.41) is 5.97. The Balaban J connectivity index is 1.41. The van der Waals surface area contributed by atoms with E-state index in [1.165, 1.54) is 19.3 Å². The molecule has 2 aromatic heterocycles. The monoisotopic (exact) mass is 412 g/mol. The molecule has 3 fully saturated rings. The molecule has 3 aliphatic rings. The number of imidazole rings is 1. The molecule has 0 aromatic carbocycles. The van der Waals surface area contributed by atoms with Crippen LogP contribution in [0.4, 0.5) is 0 Å². The number of nitrogens with zero attached hydrogens (tertiary/aromatic N) is 2. The number of pyridine rings is 1. The van der Waals surface area contributed by atoms with Gasteiger partial charge < -0.3 is 15.4 Å². The van der Waals surface area contributed by atoms with Gasteiger partial charge in [0.15, 0.2) is 0 Å². The fraction of sp³-hybridized carbons (Fsp3) is 0.609. The summed E-state index contributed by atoms with van der Waals surface area (Å²) in [6.45, 7) is 6.56. The summed E-state index contributed by atoms with van der Waals surface area (Å²) in [6, 6.07) is 5.38. The molecule has 30 heavy (non-hydrogen) atoms. The van der Waals surface area contributed by atoms with Crippen LogP contribution in [0, 0.1) is 23.2 Å². The van der Waals surface area contributed by atoms with E-state index in [4.69, 9.17) is 4.74 Å². The van der Waals surface area contributed by atoms with Crippen LogP contribution < -0.4 is 10.6 Å². The third-order valence-electron chi connectivity index (χ3n) is 7.29. The van der Waals surface area contributed by atoms with Gasteiger partial charge >= 0.3 is 0 Å². The van der Waals surface area contributed by atoms with Crippen molar-refractivity contribution in [3.8, 4) is 0 Å². The summed E-state index contributed by atoms with van der Waals surface area (Å²) in [5.41, 5.74) is 1.80. The van der Waals surface area contributed by atoms with E-state index in [-0.39, 0.29) is 11.8 Å². The highest BCUT2D eigenvalue weighted by molar-refractivity contribution is 5.95.